The highest BCUT2D eigenvalue weighted by molar-refractivity contribution is 6.36. The summed E-state index contributed by atoms with van der Waals surface area (Å²) in [7, 11) is 1.57. The number of carbonyl (C=O) groups is 3. The molecule has 1 rings (SSSR count). The van der Waals surface area contributed by atoms with Crippen molar-refractivity contribution in [3.63, 3.8) is 0 Å². The van der Waals surface area contributed by atoms with E-state index in [4.69, 9.17) is 15.2 Å². The number of nitrogens with two attached hydrogens (primary N) is 1. The van der Waals surface area contributed by atoms with Gasteiger partial charge >= 0.3 is 11.8 Å². The number of methoxy groups -OCH3 is 1. The van der Waals surface area contributed by atoms with Gasteiger partial charge in [-0.05, 0) is 37.2 Å². The van der Waals surface area contributed by atoms with Gasteiger partial charge in [-0.3, -0.25) is 19.3 Å². The van der Waals surface area contributed by atoms with Crippen molar-refractivity contribution in [2.75, 3.05) is 33.4 Å². The lowest BCUT2D eigenvalue weighted by Crippen LogP contribution is -2.44. The lowest BCUT2D eigenvalue weighted by molar-refractivity contribution is -0.148. The Morgan fingerprint density at radius 1 is 1.26 bits per heavy atom. The maximum atomic E-state index is 11.7. The van der Waals surface area contributed by atoms with E-state index < -0.39 is 11.8 Å². The summed E-state index contributed by atoms with van der Waals surface area (Å²) in [5.74, 6) is -0.433. The Hall–Kier alpha value is -2.61. The number of hydrogen-bond donors (Lipinski definition) is 2. The molecule has 0 saturated heterocycles. The molecule has 0 bridgehead atoms. The van der Waals surface area contributed by atoms with Gasteiger partial charge in [0.2, 0.25) is 6.41 Å². The average molecular weight is 323 g/mol. The number of ether oxygens (including phenoxy) is 2. The zero-order valence-corrected chi connectivity index (χ0v) is 13.0. The van der Waals surface area contributed by atoms with Crippen LogP contribution >= 0.6 is 0 Å². The molecule has 0 fully saturated rings. The minimum absolute atomic E-state index is 0.120. The third-order valence-corrected chi connectivity index (χ3v) is 2.90. The van der Waals surface area contributed by atoms with Gasteiger partial charge in [-0.15, -0.1) is 0 Å². The second-order valence-corrected chi connectivity index (χ2v) is 4.53. The average Bonchev–Trinajstić information content (AvgIpc) is 2.59. The maximum Gasteiger partial charge on any atom is 0.318 e. The minimum Gasteiger partial charge on any atom is -0.497 e. The van der Waals surface area contributed by atoms with Gasteiger partial charge in [-0.2, -0.15) is 0 Å². The van der Waals surface area contributed by atoms with E-state index in [1.807, 2.05) is 0 Å². The number of imide groups is 1. The Morgan fingerprint density at radius 2 is 1.91 bits per heavy atom. The molecule has 8 nitrogen and oxygen atoms in total. The van der Waals surface area contributed by atoms with E-state index in [-0.39, 0.29) is 19.7 Å². The first-order chi connectivity index (χ1) is 11.1. The van der Waals surface area contributed by atoms with E-state index >= 15 is 0 Å². The predicted octanol–water partition coefficient (Wildman–Crippen LogP) is -0.476. The van der Waals surface area contributed by atoms with E-state index in [0.717, 1.165) is 4.90 Å². The van der Waals surface area contributed by atoms with E-state index in [9.17, 15) is 14.4 Å². The van der Waals surface area contributed by atoms with Crippen LogP contribution < -0.4 is 20.5 Å². The first kappa shape index (κ1) is 18.4. The van der Waals surface area contributed by atoms with E-state index in [0.29, 0.717) is 30.9 Å². The zero-order valence-electron chi connectivity index (χ0n) is 13.0. The molecule has 0 aliphatic heterocycles. The molecule has 3 N–H and O–H groups in total. The monoisotopic (exact) mass is 323 g/mol. The summed E-state index contributed by atoms with van der Waals surface area (Å²) in [6.45, 7) is 0.777. The lowest BCUT2D eigenvalue weighted by Gasteiger charge is -2.14. The standard InChI is InChI=1S/C15H21N3O5/c1-22-12-3-5-13(6-4-12)23-10-8-17-14(20)15(21)18(11-19)9-2-7-16/h3-6,11H,2,7-10,16H2,1H3,(H,17,20). The Morgan fingerprint density at radius 3 is 2.48 bits per heavy atom. The molecule has 0 unspecified atom stereocenters. The van der Waals surface area contributed by atoms with Crippen LogP contribution in [0.5, 0.6) is 11.5 Å². The Kier molecular flexibility index (Phi) is 8.16. The van der Waals surface area contributed by atoms with Crippen molar-refractivity contribution in [3.8, 4) is 11.5 Å². The number of rotatable bonds is 9. The molecule has 3 amide bonds. The number of nitrogens with one attached hydrogen (secondary N) is 1. The van der Waals surface area contributed by atoms with Crippen molar-refractivity contribution in [2.45, 2.75) is 6.42 Å². The van der Waals surface area contributed by atoms with Crippen molar-refractivity contribution in [3.05, 3.63) is 24.3 Å². The summed E-state index contributed by atoms with van der Waals surface area (Å²) in [5.41, 5.74) is 5.30. The lowest BCUT2D eigenvalue weighted by atomic mass is 10.3. The van der Waals surface area contributed by atoms with E-state index in [2.05, 4.69) is 5.32 Å². The number of hydrogen-bond acceptors (Lipinski definition) is 6. The van der Waals surface area contributed by atoms with Crippen molar-refractivity contribution in [1.82, 2.24) is 10.2 Å². The summed E-state index contributed by atoms with van der Waals surface area (Å²) in [6.07, 6.45) is 0.768. The molecule has 0 atom stereocenters. The molecular formula is C15H21N3O5. The van der Waals surface area contributed by atoms with Crippen LogP contribution in [0.25, 0.3) is 0 Å². The van der Waals surface area contributed by atoms with Crippen LogP contribution in [0.15, 0.2) is 24.3 Å². The molecule has 8 heteroatoms. The summed E-state index contributed by atoms with van der Waals surface area (Å²) in [4.78, 5) is 34.9. The highest BCUT2D eigenvalue weighted by atomic mass is 16.5. The van der Waals surface area contributed by atoms with Crippen LogP contribution in [0.1, 0.15) is 6.42 Å². The maximum absolute atomic E-state index is 11.7. The highest BCUT2D eigenvalue weighted by Gasteiger charge is 2.20. The van der Waals surface area contributed by atoms with Crippen LogP contribution in [-0.4, -0.2) is 56.5 Å². The summed E-state index contributed by atoms with van der Waals surface area (Å²) < 4.78 is 10.4. The SMILES string of the molecule is COc1ccc(OCCNC(=O)C(=O)N(C=O)CCCN)cc1. The molecule has 1 aromatic rings. The van der Waals surface area contributed by atoms with Gasteiger partial charge in [0.1, 0.15) is 18.1 Å². The van der Waals surface area contributed by atoms with Crippen LogP contribution in [-0.2, 0) is 14.4 Å². The summed E-state index contributed by atoms with van der Waals surface area (Å²) >= 11 is 0. The molecule has 126 valence electrons. The topological polar surface area (TPSA) is 111 Å². The van der Waals surface area contributed by atoms with E-state index in [1.165, 1.54) is 0 Å². The van der Waals surface area contributed by atoms with Gasteiger partial charge in [0, 0.05) is 6.54 Å². The molecule has 0 saturated carbocycles. The molecule has 0 radical (unpaired) electrons. The third kappa shape index (κ3) is 6.35. The zero-order chi connectivity index (χ0) is 17.1. The van der Waals surface area contributed by atoms with E-state index in [1.54, 1.807) is 31.4 Å². The quantitative estimate of drug-likeness (QED) is 0.361. The number of amides is 3. The number of benzene rings is 1. The van der Waals surface area contributed by atoms with Crippen LogP contribution in [0.4, 0.5) is 0 Å². The fraction of sp³-hybridized carbons (Fsp3) is 0.400. The van der Waals surface area contributed by atoms with Crippen LogP contribution in [0.2, 0.25) is 0 Å². The van der Waals surface area contributed by atoms with Crippen molar-refractivity contribution < 1.29 is 23.9 Å². The first-order valence-corrected chi connectivity index (χ1v) is 7.13. The highest BCUT2D eigenvalue weighted by Crippen LogP contribution is 2.16. The second-order valence-electron chi connectivity index (χ2n) is 4.53. The van der Waals surface area contributed by atoms with Crippen molar-refractivity contribution in [1.29, 1.82) is 0 Å². The van der Waals surface area contributed by atoms with Gasteiger partial charge in [0.25, 0.3) is 0 Å². The van der Waals surface area contributed by atoms with Gasteiger partial charge in [-0.25, -0.2) is 0 Å². The molecule has 0 aromatic heterocycles. The number of carbonyl (C=O) groups excluding carboxylic acids is 3. The minimum atomic E-state index is -0.905. The Balaban J connectivity index is 2.31. The fourth-order valence-electron chi connectivity index (χ4n) is 1.68. The molecule has 0 spiro atoms. The summed E-state index contributed by atoms with van der Waals surface area (Å²) in [5, 5.41) is 2.40. The molecule has 0 aliphatic rings. The summed E-state index contributed by atoms with van der Waals surface area (Å²) in [6, 6.07) is 6.95. The van der Waals surface area contributed by atoms with Crippen molar-refractivity contribution >= 4 is 18.2 Å². The molecule has 1 aromatic carbocycles. The molecule has 23 heavy (non-hydrogen) atoms. The largest absolute Gasteiger partial charge is 0.497 e. The predicted molar refractivity (Wildman–Crippen MR) is 82.9 cm³/mol. The smallest absolute Gasteiger partial charge is 0.318 e. The molecule has 0 heterocycles. The second kappa shape index (κ2) is 10.2. The van der Waals surface area contributed by atoms with Crippen molar-refractivity contribution in [2.24, 2.45) is 5.73 Å². The van der Waals surface area contributed by atoms with Crippen LogP contribution in [0.3, 0.4) is 0 Å². The van der Waals surface area contributed by atoms with Gasteiger partial charge in [-0.1, -0.05) is 0 Å². The molecular weight excluding hydrogens is 302 g/mol. The third-order valence-electron chi connectivity index (χ3n) is 2.90. The fourth-order valence-corrected chi connectivity index (χ4v) is 1.68. The van der Waals surface area contributed by atoms with Gasteiger partial charge < -0.3 is 20.5 Å². The van der Waals surface area contributed by atoms with Gasteiger partial charge in [0.05, 0.1) is 13.7 Å². The Labute approximate surface area is 134 Å². The Bertz CT molecular complexity index is 518. The number of nitrogens with zero attached hydrogens (tertiary/aromatic N) is 1. The molecule has 0 aliphatic carbocycles. The van der Waals surface area contributed by atoms with Gasteiger partial charge in [0.15, 0.2) is 0 Å². The normalized spacial score (nSPS) is 9.83. The first-order valence-electron chi connectivity index (χ1n) is 7.13. The van der Waals surface area contributed by atoms with Crippen LogP contribution in [0, 0.1) is 0 Å².